The molecule has 3 aromatic rings. The zero-order valence-electron chi connectivity index (χ0n) is 24.6. The maximum atomic E-state index is 12.6. The van der Waals surface area contributed by atoms with Gasteiger partial charge in [-0.3, -0.25) is 4.79 Å². The molecule has 214 valence electrons. The van der Waals surface area contributed by atoms with Gasteiger partial charge in [0.15, 0.2) is 11.5 Å². The third kappa shape index (κ3) is 8.85. The predicted molar refractivity (Wildman–Crippen MR) is 166 cm³/mol. The molecule has 7 heteroatoms. The molecule has 0 radical (unpaired) electrons. The normalized spacial score (nSPS) is 12.0. The summed E-state index contributed by atoms with van der Waals surface area (Å²) in [5, 5.41) is 15.1. The van der Waals surface area contributed by atoms with E-state index in [0.717, 1.165) is 32.3 Å². The van der Waals surface area contributed by atoms with E-state index < -0.39 is 0 Å². The maximum Gasteiger partial charge on any atom is 0.240 e. The van der Waals surface area contributed by atoms with Crippen molar-refractivity contribution in [3.8, 4) is 17.2 Å². The van der Waals surface area contributed by atoms with Crippen LogP contribution in [0.1, 0.15) is 82.7 Å². The van der Waals surface area contributed by atoms with Gasteiger partial charge in [-0.05, 0) is 82.3 Å². The molecule has 0 aliphatic carbocycles. The number of phenols is 1. The van der Waals surface area contributed by atoms with Crippen molar-refractivity contribution in [2.75, 3.05) is 6.61 Å². The van der Waals surface area contributed by atoms with Gasteiger partial charge < -0.3 is 14.6 Å². The molecule has 0 fully saturated rings. The van der Waals surface area contributed by atoms with E-state index in [0.29, 0.717) is 36.9 Å². The van der Waals surface area contributed by atoms with E-state index >= 15 is 0 Å². The van der Waals surface area contributed by atoms with E-state index in [2.05, 4.69) is 68.0 Å². The Morgan fingerprint density at radius 2 is 1.52 bits per heavy atom. The van der Waals surface area contributed by atoms with Crippen LogP contribution in [0.3, 0.4) is 0 Å². The number of amides is 1. The van der Waals surface area contributed by atoms with Crippen LogP contribution >= 0.6 is 15.9 Å². The molecule has 0 saturated carbocycles. The SMILES string of the molecule is CCOc1cc(/C=N\NC(=O)CCc2cc(C(C)(C)C)c(O)c(C(C)(C)C)c2)ccc1OCc1ccc(Br)cc1. The number of ether oxygens (including phenoxy) is 2. The highest BCUT2D eigenvalue weighted by Gasteiger charge is 2.26. The van der Waals surface area contributed by atoms with Crippen LogP contribution in [0.25, 0.3) is 0 Å². The lowest BCUT2D eigenvalue weighted by Gasteiger charge is -2.28. The van der Waals surface area contributed by atoms with Crippen molar-refractivity contribution in [2.24, 2.45) is 5.10 Å². The fraction of sp³-hybridized carbons (Fsp3) is 0.394. The Hall–Kier alpha value is -3.32. The lowest BCUT2D eigenvalue weighted by atomic mass is 9.78. The minimum Gasteiger partial charge on any atom is -0.507 e. The van der Waals surface area contributed by atoms with Gasteiger partial charge in [0.2, 0.25) is 5.91 Å². The van der Waals surface area contributed by atoms with E-state index in [1.165, 1.54) is 0 Å². The van der Waals surface area contributed by atoms with E-state index in [9.17, 15) is 9.90 Å². The van der Waals surface area contributed by atoms with Gasteiger partial charge in [0.1, 0.15) is 12.4 Å². The maximum absolute atomic E-state index is 12.6. The summed E-state index contributed by atoms with van der Waals surface area (Å²) in [7, 11) is 0. The zero-order valence-corrected chi connectivity index (χ0v) is 26.2. The Labute approximate surface area is 246 Å². The first kappa shape index (κ1) is 31.2. The summed E-state index contributed by atoms with van der Waals surface area (Å²) in [4.78, 5) is 12.6. The van der Waals surface area contributed by atoms with Crippen molar-refractivity contribution in [1.82, 2.24) is 5.43 Å². The minimum absolute atomic E-state index is 0.182. The smallest absolute Gasteiger partial charge is 0.240 e. The number of nitrogens with one attached hydrogen (secondary N) is 1. The number of aryl methyl sites for hydroxylation is 1. The molecule has 0 aliphatic rings. The predicted octanol–water partition coefficient (Wildman–Crippen LogP) is 7.81. The van der Waals surface area contributed by atoms with Crippen LogP contribution in [0.5, 0.6) is 17.2 Å². The molecular weight excluding hydrogens is 568 g/mol. The minimum atomic E-state index is -0.216. The van der Waals surface area contributed by atoms with Crippen LogP contribution in [0.15, 0.2) is 64.2 Å². The molecule has 6 nitrogen and oxygen atoms in total. The molecule has 3 aromatic carbocycles. The molecule has 0 heterocycles. The van der Waals surface area contributed by atoms with Crippen LogP contribution in [-0.4, -0.2) is 23.8 Å². The number of aromatic hydroxyl groups is 1. The average Bonchev–Trinajstić information content (AvgIpc) is 2.87. The molecule has 0 unspecified atom stereocenters. The van der Waals surface area contributed by atoms with E-state index in [1.807, 2.05) is 61.5 Å². The first-order chi connectivity index (χ1) is 18.8. The van der Waals surface area contributed by atoms with Crippen molar-refractivity contribution in [2.45, 2.75) is 78.7 Å². The van der Waals surface area contributed by atoms with Crippen LogP contribution in [0.2, 0.25) is 0 Å². The number of hydrogen-bond donors (Lipinski definition) is 2. The largest absolute Gasteiger partial charge is 0.507 e. The molecule has 40 heavy (non-hydrogen) atoms. The summed E-state index contributed by atoms with van der Waals surface area (Å²) >= 11 is 3.44. The quantitative estimate of drug-likeness (QED) is 0.182. The summed E-state index contributed by atoms with van der Waals surface area (Å²) in [5.41, 5.74) is 6.83. The Balaban J connectivity index is 1.63. The first-order valence-corrected chi connectivity index (χ1v) is 14.4. The third-order valence-corrected chi connectivity index (χ3v) is 6.93. The molecule has 0 aromatic heterocycles. The monoisotopic (exact) mass is 608 g/mol. The van der Waals surface area contributed by atoms with Gasteiger partial charge in [-0.25, -0.2) is 5.43 Å². The number of benzene rings is 3. The Bertz CT molecular complexity index is 1300. The Morgan fingerprint density at radius 1 is 0.900 bits per heavy atom. The fourth-order valence-electron chi connectivity index (χ4n) is 4.21. The zero-order chi connectivity index (χ0) is 29.5. The molecular formula is C33H41BrN2O4. The highest BCUT2D eigenvalue weighted by molar-refractivity contribution is 9.10. The molecule has 0 atom stereocenters. The number of hydrogen-bond acceptors (Lipinski definition) is 5. The van der Waals surface area contributed by atoms with E-state index in [1.54, 1.807) is 6.21 Å². The van der Waals surface area contributed by atoms with Gasteiger partial charge in [-0.15, -0.1) is 0 Å². The number of rotatable bonds is 10. The van der Waals surface area contributed by atoms with Crippen molar-refractivity contribution in [3.05, 3.63) is 86.9 Å². The highest BCUT2D eigenvalue weighted by atomic mass is 79.9. The number of carbonyl (C=O) groups is 1. The average molecular weight is 610 g/mol. The van der Waals surface area contributed by atoms with Crippen molar-refractivity contribution in [3.63, 3.8) is 0 Å². The van der Waals surface area contributed by atoms with E-state index in [-0.39, 0.29) is 23.2 Å². The van der Waals surface area contributed by atoms with Crippen LogP contribution in [0, 0.1) is 0 Å². The Kier molecular flexibility index (Phi) is 10.4. The summed E-state index contributed by atoms with van der Waals surface area (Å²) < 4.78 is 12.8. The van der Waals surface area contributed by atoms with Crippen LogP contribution in [0.4, 0.5) is 0 Å². The molecule has 1 amide bonds. The molecule has 0 spiro atoms. The second-order valence-corrected chi connectivity index (χ2v) is 12.8. The van der Waals surface area contributed by atoms with Gasteiger partial charge in [0.25, 0.3) is 0 Å². The summed E-state index contributed by atoms with van der Waals surface area (Å²) in [5.74, 6) is 1.42. The highest BCUT2D eigenvalue weighted by Crippen LogP contribution is 2.40. The lowest BCUT2D eigenvalue weighted by molar-refractivity contribution is -0.121. The summed E-state index contributed by atoms with van der Waals surface area (Å²) in [6, 6.07) is 17.5. The van der Waals surface area contributed by atoms with Crippen LogP contribution < -0.4 is 14.9 Å². The lowest BCUT2D eigenvalue weighted by Crippen LogP contribution is -2.20. The first-order valence-electron chi connectivity index (χ1n) is 13.6. The molecule has 3 rings (SSSR count). The van der Waals surface area contributed by atoms with Gasteiger partial charge in [-0.1, -0.05) is 81.7 Å². The molecule has 0 saturated heterocycles. The third-order valence-electron chi connectivity index (χ3n) is 6.40. The standard InChI is InChI=1S/C33H41BrN2O4/c1-8-39-29-19-24(11-15-28(29)40-21-22-9-13-25(34)14-10-22)20-35-36-30(37)16-12-23-17-26(32(2,3)4)31(38)27(18-23)33(5,6)7/h9-11,13-15,17-20,38H,8,12,16,21H2,1-7H3,(H,36,37)/b35-20-. The molecule has 0 bridgehead atoms. The number of halogens is 1. The van der Waals surface area contributed by atoms with Gasteiger partial charge in [0.05, 0.1) is 12.8 Å². The van der Waals surface area contributed by atoms with Gasteiger partial charge >= 0.3 is 0 Å². The number of carbonyl (C=O) groups excluding carboxylic acids is 1. The summed E-state index contributed by atoms with van der Waals surface area (Å²) in [6.07, 6.45) is 2.42. The fourth-order valence-corrected chi connectivity index (χ4v) is 4.47. The van der Waals surface area contributed by atoms with Crippen molar-refractivity contribution in [1.29, 1.82) is 0 Å². The van der Waals surface area contributed by atoms with E-state index in [4.69, 9.17) is 9.47 Å². The van der Waals surface area contributed by atoms with Gasteiger partial charge in [0, 0.05) is 10.9 Å². The van der Waals surface area contributed by atoms with Crippen molar-refractivity contribution < 1.29 is 19.4 Å². The second kappa shape index (κ2) is 13.4. The molecule has 2 N–H and O–H groups in total. The summed E-state index contributed by atoms with van der Waals surface area (Å²) in [6.45, 7) is 15.3. The van der Waals surface area contributed by atoms with Gasteiger partial charge in [-0.2, -0.15) is 5.10 Å². The topological polar surface area (TPSA) is 80.2 Å². The second-order valence-electron chi connectivity index (χ2n) is 11.9. The van der Waals surface area contributed by atoms with Crippen LogP contribution in [-0.2, 0) is 28.7 Å². The number of hydrazone groups is 1. The van der Waals surface area contributed by atoms with Crippen molar-refractivity contribution >= 4 is 28.1 Å². The molecule has 0 aliphatic heterocycles. The Morgan fingerprint density at radius 3 is 2.10 bits per heavy atom. The number of phenolic OH excluding ortho intramolecular Hbond substituents is 1. The number of nitrogens with zero attached hydrogens (tertiary/aromatic N) is 1.